The molecule has 16 heavy (non-hydrogen) atoms. The van der Waals surface area contributed by atoms with Crippen LogP contribution in [0.4, 0.5) is 0 Å². The number of H-pyrrole nitrogens is 1. The van der Waals surface area contributed by atoms with E-state index in [1.807, 2.05) is 0 Å². The molecule has 7 nitrogen and oxygen atoms in total. The van der Waals surface area contributed by atoms with Crippen molar-refractivity contribution in [1.29, 1.82) is 0 Å². The van der Waals surface area contributed by atoms with Gasteiger partial charge in [-0.15, -0.1) is 0 Å². The van der Waals surface area contributed by atoms with Gasteiger partial charge in [0.15, 0.2) is 0 Å². The van der Waals surface area contributed by atoms with E-state index in [0.29, 0.717) is 18.5 Å². The van der Waals surface area contributed by atoms with Crippen molar-refractivity contribution in [3.05, 3.63) is 36.4 Å². The van der Waals surface area contributed by atoms with Gasteiger partial charge in [0.1, 0.15) is 18.5 Å². The molecule has 0 unspecified atom stereocenters. The third-order valence-corrected chi connectivity index (χ3v) is 1.94. The lowest BCUT2D eigenvalue weighted by Crippen LogP contribution is -2.26. The number of nitrogens with one attached hydrogen (secondary N) is 2. The van der Waals surface area contributed by atoms with E-state index in [1.54, 1.807) is 0 Å². The minimum absolute atomic E-state index is 0.194. The first kappa shape index (κ1) is 10.2. The fourth-order valence-corrected chi connectivity index (χ4v) is 1.16. The van der Waals surface area contributed by atoms with Crippen LogP contribution in [0.2, 0.25) is 0 Å². The molecule has 0 aliphatic heterocycles. The van der Waals surface area contributed by atoms with E-state index >= 15 is 0 Å². The zero-order valence-corrected chi connectivity index (χ0v) is 8.42. The van der Waals surface area contributed by atoms with Gasteiger partial charge in [0.25, 0.3) is 5.91 Å². The molecule has 7 heteroatoms. The summed E-state index contributed by atoms with van der Waals surface area (Å²) in [5, 5.41) is 9.15. The Kier molecular flexibility index (Phi) is 3.17. The molecule has 0 fully saturated rings. The molecule has 1 amide bonds. The Hall–Kier alpha value is -2.31. The molecular weight excluding hydrogens is 208 g/mol. The van der Waals surface area contributed by atoms with Crippen LogP contribution in [-0.2, 0) is 6.42 Å². The molecule has 0 atom stereocenters. The SMILES string of the molecule is O=C(NCCc1ncn[nH]1)c1cncnc1. The first-order valence-corrected chi connectivity index (χ1v) is 4.73. The van der Waals surface area contributed by atoms with Crippen LogP contribution >= 0.6 is 0 Å². The Morgan fingerprint density at radius 1 is 1.31 bits per heavy atom. The molecule has 0 aliphatic carbocycles. The maximum atomic E-state index is 11.5. The molecule has 0 saturated heterocycles. The van der Waals surface area contributed by atoms with E-state index in [9.17, 15) is 4.79 Å². The molecule has 2 heterocycles. The highest BCUT2D eigenvalue weighted by Gasteiger charge is 2.04. The topological polar surface area (TPSA) is 96.5 Å². The van der Waals surface area contributed by atoms with E-state index in [2.05, 4.69) is 30.5 Å². The summed E-state index contributed by atoms with van der Waals surface area (Å²) in [4.78, 5) is 23.0. The van der Waals surface area contributed by atoms with Gasteiger partial charge in [0.05, 0.1) is 5.56 Å². The maximum absolute atomic E-state index is 11.5. The lowest BCUT2D eigenvalue weighted by atomic mass is 10.3. The number of hydrogen-bond donors (Lipinski definition) is 2. The molecular formula is C9H10N6O. The van der Waals surface area contributed by atoms with Crippen molar-refractivity contribution in [3.8, 4) is 0 Å². The van der Waals surface area contributed by atoms with Crippen molar-refractivity contribution < 1.29 is 4.79 Å². The first-order valence-electron chi connectivity index (χ1n) is 4.73. The minimum atomic E-state index is -0.194. The highest BCUT2D eigenvalue weighted by Crippen LogP contribution is 1.92. The summed E-state index contributed by atoms with van der Waals surface area (Å²) >= 11 is 0. The Labute approximate surface area is 91.4 Å². The summed E-state index contributed by atoms with van der Waals surface area (Å²) in [5.74, 6) is 0.546. The molecule has 2 aromatic rings. The summed E-state index contributed by atoms with van der Waals surface area (Å²) in [5.41, 5.74) is 0.445. The van der Waals surface area contributed by atoms with Gasteiger partial charge in [0, 0.05) is 25.4 Å². The van der Waals surface area contributed by atoms with E-state index in [1.165, 1.54) is 25.0 Å². The Morgan fingerprint density at radius 2 is 2.12 bits per heavy atom. The van der Waals surface area contributed by atoms with Gasteiger partial charge in [0.2, 0.25) is 0 Å². The van der Waals surface area contributed by atoms with Crippen LogP contribution in [0.15, 0.2) is 25.0 Å². The second-order valence-electron chi connectivity index (χ2n) is 3.07. The minimum Gasteiger partial charge on any atom is -0.351 e. The molecule has 2 rings (SSSR count). The number of aromatic amines is 1. The Bertz CT molecular complexity index is 440. The van der Waals surface area contributed by atoms with Crippen LogP contribution in [-0.4, -0.2) is 37.6 Å². The Morgan fingerprint density at radius 3 is 2.81 bits per heavy atom. The third kappa shape index (κ3) is 2.59. The monoisotopic (exact) mass is 218 g/mol. The van der Waals surface area contributed by atoms with Crippen molar-refractivity contribution >= 4 is 5.91 Å². The zero-order chi connectivity index (χ0) is 11.2. The van der Waals surface area contributed by atoms with Crippen molar-refractivity contribution in [2.75, 3.05) is 6.54 Å². The predicted octanol–water partition coefficient (Wildman–Crippen LogP) is -0.433. The summed E-state index contributed by atoms with van der Waals surface area (Å²) in [6, 6.07) is 0. The fourth-order valence-electron chi connectivity index (χ4n) is 1.16. The molecule has 0 spiro atoms. The lowest BCUT2D eigenvalue weighted by molar-refractivity contribution is 0.0953. The molecule has 2 aromatic heterocycles. The number of hydrogen-bond acceptors (Lipinski definition) is 5. The average molecular weight is 218 g/mol. The van der Waals surface area contributed by atoms with E-state index in [-0.39, 0.29) is 5.91 Å². The fraction of sp³-hybridized carbons (Fsp3) is 0.222. The quantitative estimate of drug-likeness (QED) is 0.725. The summed E-state index contributed by atoms with van der Waals surface area (Å²) < 4.78 is 0. The van der Waals surface area contributed by atoms with E-state index in [4.69, 9.17) is 0 Å². The molecule has 2 N–H and O–H groups in total. The van der Waals surface area contributed by atoms with Gasteiger partial charge in [-0.3, -0.25) is 9.89 Å². The van der Waals surface area contributed by atoms with E-state index < -0.39 is 0 Å². The molecule has 0 bridgehead atoms. The average Bonchev–Trinajstić information content (AvgIpc) is 2.83. The number of carbonyl (C=O) groups is 1. The van der Waals surface area contributed by atoms with Crippen LogP contribution < -0.4 is 5.32 Å². The number of carbonyl (C=O) groups excluding carboxylic acids is 1. The predicted molar refractivity (Wildman–Crippen MR) is 54.5 cm³/mol. The van der Waals surface area contributed by atoms with Crippen molar-refractivity contribution in [2.24, 2.45) is 0 Å². The summed E-state index contributed by atoms with van der Waals surface area (Å²) in [7, 11) is 0. The normalized spacial score (nSPS) is 10.0. The van der Waals surface area contributed by atoms with Crippen molar-refractivity contribution in [3.63, 3.8) is 0 Å². The molecule has 82 valence electrons. The number of amides is 1. The maximum Gasteiger partial charge on any atom is 0.254 e. The van der Waals surface area contributed by atoms with Crippen LogP contribution in [0, 0.1) is 0 Å². The Balaban J connectivity index is 1.81. The van der Waals surface area contributed by atoms with Gasteiger partial charge < -0.3 is 5.32 Å². The second kappa shape index (κ2) is 4.96. The lowest BCUT2D eigenvalue weighted by Gasteiger charge is -2.02. The van der Waals surface area contributed by atoms with E-state index in [0.717, 1.165) is 5.82 Å². The number of rotatable bonds is 4. The zero-order valence-electron chi connectivity index (χ0n) is 8.42. The highest BCUT2D eigenvalue weighted by molar-refractivity contribution is 5.93. The molecule has 0 saturated carbocycles. The smallest absolute Gasteiger partial charge is 0.254 e. The number of aromatic nitrogens is 5. The first-order chi connectivity index (χ1) is 7.86. The van der Waals surface area contributed by atoms with Crippen LogP contribution in [0.1, 0.15) is 16.2 Å². The van der Waals surface area contributed by atoms with Crippen molar-refractivity contribution in [2.45, 2.75) is 6.42 Å². The second-order valence-corrected chi connectivity index (χ2v) is 3.07. The van der Waals surface area contributed by atoms with Gasteiger partial charge >= 0.3 is 0 Å². The van der Waals surface area contributed by atoms with Gasteiger partial charge in [-0.1, -0.05) is 0 Å². The van der Waals surface area contributed by atoms with Crippen LogP contribution in [0.25, 0.3) is 0 Å². The van der Waals surface area contributed by atoms with Crippen LogP contribution in [0.5, 0.6) is 0 Å². The third-order valence-electron chi connectivity index (χ3n) is 1.94. The number of nitrogens with zero attached hydrogens (tertiary/aromatic N) is 4. The highest BCUT2D eigenvalue weighted by atomic mass is 16.1. The summed E-state index contributed by atoms with van der Waals surface area (Å²) in [6.07, 6.45) is 6.36. The molecule has 0 aromatic carbocycles. The van der Waals surface area contributed by atoms with Gasteiger partial charge in [-0.2, -0.15) is 5.10 Å². The van der Waals surface area contributed by atoms with Crippen molar-refractivity contribution in [1.82, 2.24) is 30.5 Å². The summed E-state index contributed by atoms with van der Waals surface area (Å²) in [6.45, 7) is 0.489. The largest absolute Gasteiger partial charge is 0.351 e. The van der Waals surface area contributed by atoms with Gasteiger partial charge in [-0.25, -0.2) is 15.0 Å². The molecule has 0 radical (unpaired) electrons. The standard InChI is InChI=1S/C9H10N6O/c16-9(7-3-10-5-11-4-7)12-2-1-8-13-6-14-15-8/h3-6H,1-2H2,(H,12,16)(H,13,14,15). The van der Waals surface area contributed by atoms with Gasteiger partial charge in [-0.05, 0) is 0 Å². The molecule has 0 aliphatic rings. The van der Waals surface area contributed by atoms with Crippen LogP contribution in [0.3, 0.4) is 0 Å².